The monoisotopic (exact) mass is 468 g/mol. The van der Waals surface area contributed by atoms with Gasteiger partial charge in [0.15, 0.2) is 17.2 Å². The van der Waals surface area contributed by atoms with Crippen LogP contribution in [0.3, 0.4) is 0 Å². The van der Waals surface area contributed by atoms with Crippen molar-refractivity contribution in [3.05, 3.63) is 71.0 Å². The fourth-order valence-corrected chi connectivity index (χ4v) is 4.43. The highest BCUT2D eigenvalue weighted by Gasteiger charge is 2.62. The fraction of sp³-hybridized carbons (Fsp3) is 0.444. The quantitative estimate of drug-likeness (QED) is 0.181. The van der Waals surface area contributed by atoms with E-state index in [1.54, 1.807) is 19.1 Å². The van der Waals surface area contributed by atoms with Gasteiger partial charge < -0.3 is 19.7 Å². The van der Waals surface area contributed by atoms with E-state index in [1.165, 1.54) is 25.3 Å². The largest absolute Gasteiger partial charge is 0.508 e. The van der Waals surface area contributed by atoms with Crippen molar-refractivity contribution in [1.29, 1.82) is 0 Å². The summed E-state index contributed by atoms with van der Waals surface area (Å²) in [5, 5.41) is 19.9. The molecule has 0 aromatic heterocycles. The third-order valence-electron chi connectivity index (χ3n) is 6.39. The zero-order valence-corrected chi connectivity index (χ0v) is 20.2. The van der Waals surface area contributed by atoms with Crippen molar-refractivity contribution in [2.75, 3.05) is 0 Å². The second kappa shape index (κ2) is 9.97. The van der Waals surface area contributed by atoms with Gasteiger partial charge in [0.05, 0.1) is 18.3 Å². The molecule has 2 N–H and O–H groups in total. The molecule has 0 aromatic rings. The van der Waals surface area contributed by atoms with E-state index >= 15 is 0 Å². The first-order valence-electron chi connectivity index (χ1n) is 11.5. The van der Waals surface area contributed by atoms with Crippen molar-refractivity contribution in [1.82, 2.24) is 0 Å². The van der Waals surface area contributed by atoms with Crippen LogP contribution in [0.5, 0.6) is 0 Å². The van der Waals surface area contributed by atoms with E-state index < -0.39 is 41.1 Å². The number of esters is 1. The van der Waals surface area contributed by atoms with Gasteiger partial charge in [-0.3, -0.25) is 14.4 Å². The Morgan fingerprint density at radius 2 is 1.94 bits per heavy atom. The van der Waals surface area contributed by atoms with E-state index in [4.69, 9.17) is 9.47 Å². The molecule has 0 aromatic carbocycles. The zero-order chi connectivity index (χ0) is 25.2. The van der Waals surface area contributed by atoms with E-state index in [0.717, 1.165) is 18.1 Å². The first-order valence-corrected chi connectivity index (χ1v) is 11.5. The first-order chi connectivity index (χ1) is 16.0. The van der Waals surface area contributed by atoms with Gasteiger partial charge >= 0.3 is 5.97 Å². The second-order valence-electron chi connectivity index (χ2n) is 9.40. The van der Waals surface area contributed by atoms with Gasteiger partial charge in [-0.05, 0) is 50.5 Å². The second-order valence-corrected chi connectivity index (χ2v) is 9.40. The molecule has 5 atom stereocenters. The Kier molecular flexibility index (Phi) is 7.46. The number of carbonyl (C=O) groups excluding carboxylic acids is 3. The topological polar surface area (TPSA) is 110 Å². The van der Waals surface area contributed by atoms with Crippen molar-refractivity contribution >= 4 is 17.5 Å². The number of aliphatic hydroxyl groups is 2. The molecular formula is C27H32O7. The molecule has 0 spiro atoms. The summed E-state index contributed by atoms with van der Waals surface area (Å²) >= 11 is 0. The number of fused-ring (bicyclic) bond motifs is 3. The third-order valence-corrected chi connectivity index (χ3v) is 6.39. The van der Waals surface area contributed by atoms with Crippen LogP contribution in [0.4, 0.5) is 0 Å². The molecule has 1 aliphatic carbocycles. The Bertz CT molecular complexity index is 1070. The first kappa shape index (κ1) is 25.4. The molecule has 0 saturated carbocycles. The van der Waals surface area contributed by atoms with Gasteiger partial charge in [0, 0.05) is 18.1 Å². The minimum Gasteiger partial charge on any atom is -0.508 e. The van der Waals surface area contributed by atoms with Crippen LogP contribution in [0.25, 0.3) is 0 Å². The molecule has 3 aliphatic rings. The predicted molar refractivity (Wildman–Crippen MR) is 126 cm³/mol. The van der Waals surface area contributed by atoms with Crippen LogP contribution < -0.4 is 0 Å². The average molecular weight is 469 g/mol. The van der Waals surface area contributed by atoms with E-state index in [-0.39, 0.29) is 12.2 Å². The van der Waals surface area contributed by atoms with Crippen LogP contribution >= 0.6 is 0 Å². The molecule has 34 heavy (non-hydrogen) atoms. The van der Waals surface area contributed by atoms with Crippen LogP contribution in [-0.2, 0) is 23.9 Å². The van der Waals surface area contributed by atoms with Crippen LogP contribution in [0.1, 0.15) is 47.5 Å². The maximum atomic E-state index is 13.1. The summed E-state index contributed by atoms with van der Waals surface area (Å²) in [5.74, 6) is -3.54. The van der Waals surface area contributed by atoms with Crippen molar-refractivity contribution < 1.29 is 34.1 Å². The zero-order valence-electron chi connectivity index (χ0n) is 20.2. The van der Waals surface area contributed by atoms with Crippen LogP contribution in [0, 0.1) is 17.8 Å². The van der Waals surface area contributed by atoms with Gasteiger partial charge in [-0.1, -0.05) is 38.0 Å². The molecular weight excluding hydrogens is 436 g/mol. The van der Waals surface area contributed by atoms with Gasteiger partial charge in [-0.15, -0.1) is 0 Å². The molecule has 2 heterocycles. The summed E-state index contributed by atoms with van der Waals surface area (Å²) in [7, 11) is 0. The van der Waals surface area contributed by atoms with Crippen LogP contribution in [0.15, 0.2) is 71.0 Å². The maximum absolute atomic E-state index is 13.1. The number of ether oxygens (including phenoxy) is 2. The minimum atomic E-state index is -1.54. The Morgan fingerprint density at radius 1 is 1.24 bits per heavy atom. The third kappa shape index (κ3) is 5.14. The lowest BCUT2D eigenvalue weighted by Gasteiger charge is -2.35. The van der Waals surface area contributed by atoms with Gasteiger partial charge in [0.1, 0.15) is 17.4 Å². The number of carbonyl (C=O) groups is 3. The lowest BCUT2D eigenvalue weighted by molar-refractivity contribution is -0.156. The maximum Gasteiger partial charge on any atom is 0.318 e. The average Bonchev–Trinajstić information content (AvgIpc) is 3.03. The highest BCUT2D eigenvalue weighted by atomic mass is 16.6. The van der Waals surface area contributed by atoms with Crippen molar-refractivity contribution in [3.8, 4) is 0 Å². The summed E-state index contributed by atoms with van der Waals surface area (Å²) in [6.45, 7) is 9.16. The molecule has 182 valence electrons. The highest BCUT2D eigenvalue weighted by molar-refractivity contribution is 6.12. The number of hydrogen-bond acceptors (Lipinski definition) is 7. The highest BCUT2D eigenvalue weighted by Crippen LogP contribution is 2.49. The Hall–Kier alpha value is -3.19. The molecule has 7 heteroatoms. The number of aliphatic hydroxyl groups excluding tert-OH is 2. The molecule has 0 bridgehead atoms. The summed E-state index contributed by atoms with van der Waals surface area (Å²) in [4.78, 5) is 38.7. The molecule has 0 radical (unpaired) electrons. The minimum absolute atomic E-state index is 0.253. The van der Waals surface area contributed by atoms with Gasteiger partial charge in [0.2, 0.25) is 0 Å². The molecule has 3 rings (SSSR count). The Labute approximate surface area is 199 Å². The molecule has 0 amide bonds. The van der Waals surface area contributed by atoms with Crippen molar-refractivity contribution in [2.24, 2.45) is 17.8 Å². The van der Waals surface area contributed by atoms with Crippen molar-refractivity contribution in [3.63, 3.8) is 0 Å². The van der Waals surface area contributed by atoms with E-state index in [0.29, 0.717) is 22.8 Å². The smallest absolute Gasteiger partial charge is 0.318 e. The number of rotatable bonds is 8. The normalized spacial score (nSPS) is 28.8. The molecule has 1 saturated heterocycles. The van der Waals surface area contributed by atoms with Gasteiger partial charge in [0.25, 0.3) is 0 Å². The molecule has 1 fully saturated rings. The predicted octanol–water partition coefficient (Wildman–Crippen LogP) is 4.17. The molecule has 5 unspecified atom stereocenters. The number of hydrogen-bond donors (Lipinski definition) is 2. The summed E-state index contributed by atoms with van der Waals surface area (Å²) in [6.07, 6.45) is 11.2. The van der Waals surface area contributed by atoms with Crippen LogP contribution in [0.2, 0.25) is 0 Å². The van der Waals surface area contributed by atoms with E-state index in [9.17, 15) is 24.6 Å². The van der Waals surface area contributed by atoms with Crippen molar-refractivity contribution in [2.45, 2.75) is 59.2 Å². The summed E-state index contributed by atoms with van der Waals surface area (Å²) in [6, 6.07) is 0. The van der Waals surface area contributed by atoms with Crippen LogP contribution in [-0.4, -0.2) is 39.5 Å². The molecule has 7 nitrogen and oxygen atoms in total. The summed E-state index contributed by atoms with van der Waals surface area (Å²) in [5.41, 5.74) is 0.410. The molecule has 2 aliphatic heterocycles. The fourth-order valence-electron chi connectivity index (χ4n) is 4.43. The van der Waals surface area contributed by atoms with Gasteiger partial charge in [-0.2, -0.15) is 0 Å². The lowest BCUT2D eigenvalue weighted by atomic mass is 9.67. The Balaban J connectivity index is 1.88. The Morgan fingerprint density at radius 3 is 2.59 bits per heavy atom. The number of ketones is 2. The summed E-state index contributed by atoms with van der Waals surface area (Å²) < 4.78 is 11.0. The number of allylic oxidation sites excluding steroid dienone is 7. The van der Waals surface area contributed by atoms with E-state index in [1.807, 2.05) is 6.92 Å². The van der Waals surface area contributed by atoms with E-state index in [2.05, 4.69) is 19.9 Å². The SMILES string of the molecule is CCC(C)C=C(C)C=CC(O)=CC(=O)C1C(=O)OC2(C)C(=O)C=C3C=C(CC(C)O)OC=C3C12. The van der Waals surface area contributed by atoms with Gasteiger partial charge in [-0.25, -0.2) is 0 Å². The lowest BCUT2D eigenvalue weighted by Crippen LogP contribution is -2.46. The standard InChI is InChI=1S/C27H32O7/c1-6-15(2)9-16(3)7-8-19(29)13-22(30)24-25-21-14-33-20(10-17(4)28)11-18(21)12-23(31)27(25,5)34-26(24)32/h7-9,11-15,17,24-25,28-29H,6,10H2,1-5H3.